The Morgan fingerprint density at radius 1 is 1.47 bits per heavy atom. The number of alkyl halides is 3. The lowest BCUT2D eigenvalue weighted by Crippen LogP contribution is -1.99. The van der Waals surface area contributed by atoms with E-state index in [0.717, 1.165) is 0 Å². The molecule has 0 N–H and O–H groups in total. The van der Waals surface area contributed by atoms with Gasteiger partial charge in [-0.3, -0.25) is 10.1 Å². The van der Waals surface area contributed by atoms with Gasteiger partial charge in [0.05, 0.1) is 4.92 Å². The van der Waals surface area contributed by atoms with Gasteiger partial charge in [-0.15, -0.1) is 0 Å². The molecule has 0 fully saturated rings. The normalized spacial score (nSPS) is 12.6. The summed E-state index contributed by atoms with van der Waals surface area (Å²) in [7, 11) is 0. The molecule has 1 aromatic carbocycles. The van der Waals surface area contributed by atoms with Crippen molar-refractivity contribution in [3.8, 4) is 0 Å². The van der Waals surface area contributed by atoms with Crippen molar-refractivity contribution in [2.45, 2.75) is 17.3 Å². The van der Waals surface area contributed by atoms with Crippen LogP contribution in [0.1, 0.15) is 12.5 Å². The van der Waals surface area contributed by atoms with Gasteiger partial charge in [-0.2, -0.15) is 13.2 Å². The van der Waals surface area contributed by atoms with E-state index in [2.05, 4.69) is 0 Å². The SMILES string of the molecule is C/C(=C/c1cccc(SC(F)(F)F)c1)[N+](=O)[O-]. The van der Waals surface area contributed by atoms with Gasteiger partial charge in [0.15, 0.2) is 0 Å². The van der Waals surface area contributed by atoms with Crippen LogP contribution in [0, 0.1) is 10.1 Å². The lowest BCUT2D eigenvalue weighted by atomic mass is 10.2. The lowest BCUT2D eigenvalue weighted by molar-refractivity contribution is -0.422. The van der Waals surface area contributed by atoms with E-state index in [0.29, 0.717) is 5.56 Å². The quantitative estimate of drug-likeness (QED) is 0.471. The summed E-state index contributed by atoms with van der Waals surface area (Å²) in [6.07, 6.45) is 1.22. The zero-order chi connectivity index (χ0) is 13.1. The maximum Gasteiger partial charge on any atom is 0.446 e. The molecule has 3 nitrogen and oxygen atoms in total. The molecule has 0 saturated carbocycles. The van der Waals surface area contributed by atoms with Gasteiger partial charge in [-0.05, 0) is 29.5 Å². The number of nitrogens with zero attached hydrogens (tertiary/aromatic N) is 1. The maximum atomic E-state index is 12.1. The van der Waals surface area contributed by atoms with Crippen molar-refractivity contribution in [2.75, 3.05) is 0 Å². The van der Waals surface area contributed by atoms with Crippen LogP contribution in [0.4, 0.5) is 13.2 Å². The molecule has 17 heavy (non-hydrogen) atoms. The van der Waals surface area contributed by atoms with Gasteiger partial charge in [0.2, 0.25) is 5.70 Å². The molecule has 0 aliphatic carbocycles. The van der Waals surface area contributed by atoms with Crippen LogP contribution in [0.25, 0.3) is 6.08 Å². The Morgan fingerprint density at radius 2 is 2.12 bits per heavy atom. The number of halogens is 3. The summed E-state index contributed by atoms with van der Waals surface area (Å²) in [5.41, 5.74) is -4.12. The van der Waals surface area contributed by atoms with Crippen molar-refractivity contribution < 1.29 is 18.1 Å². The summed E-state index contributed by atoms with van der Waals surface area (Å²) in [5.74, 6) is 0. The van der Waals surface area contributed by atoms with E-state index >= 15 is 0 Å². The fourth-order valence-electron chi connectivity index (χ4n) is 1.10. The molecule has 92 valence electrons. The van der Waals surface area contributed by atoms with Crippen molar-refractivity contribution in [2.24, 2.45) is 0 Å². The molecule has 0 unspecified atom stereocenters. The van der Waals surface area contributed by atoms with Crippen molar-refractivity contribution in [3.05, 3.63) is 45.6 Å². The first kappa shape index (κ1) is 13.6. The molecular weight excluding hydrogens is 255 g/mol. The van der Waals surface area contributed by atoms with Crippen LogP contribution < -0.4 is 0 Å². The zero-order valence-electron chi connectivity index (χ0n) is 8.69. The molecule has 7 heteroatoms. The average Bonchev–Trinajstić information content (AvgIpc) is 2.15. The first-order chi connectivity index (χ1) is 7.78. The smallest absolute Gasteiger partial charge is 0.259 e. The first-order valence-electron chi connectivity index (χ1n) is 4.46. The van der Waals surface area contributed by atoms with E-state index in [1.807, 2.05) is 0 Å². The monoisotopic (exact) mass is 263 g/mol. The predicted molar refractivity (Wildman–Crippen MR) is 59.0 cm³/mol. The highest BCUT2D eigenvalue weighted by atomic mass is 32.2. The van der Waals surface area contributed by atoms with E-state index < -0.39 is 10.4 Å². The highest BCUT2D eigenvalue weighted by Gasteiger charge is 2.29. The minimum absolute atomic E-state index is 0.00222. The maximum absolute atomic E-state index is 12.1. The Balaban J connectivity index is 2.94. The summed E-state index contributed by atoms with van der Waals surface area (Å²) in [6, 6.07) is 5.49. The number of hydrogen-bond acceptors (Lipinski definition) is 3. The van der Waals surface area contributed by atoms with Crippen molar-refractivity contribution in [3.63, 3.8) is 0 Å². The average molecular weight is 263 g/mol. The van der Waals surface area contributed by atoms with E-state index in [1.165, 1.54) is 37.3 Å². The number of hydrogen-bond donors (Lipinski definition) is 0. The van der Waals surface area contributed by atoms with Gasteiger partial charge in [0.25, 0.3) is 0 Å². The number of nitro groups is 1. The van der Waals surface area contributed by atoms with Gasteiger partial charge >= 0.3 is 5.51 Å². The molecule has 0 saturated heterocycles. The third-order valence-corrected chi connectivity index (χ3v) is 2.48. The fourth-order valence-corrected chi connectivity index (χ4v) is 1.70. The molecule has 1 aromatic rings. The third kappa shape index (κ3) is 4.90. The molecule has 0 aliphatic rings. The highest BCUT2D eigenvalue weighted by molar-refractivity contribution is 8.00. The summed E-state index contributed by atoms with van der Waals surface area (Å²) in [6.45, 7) is 1.28. The highest BCUT2D eigenvalue weighted by Crippen LogP contribution is 2.37. The van der Waals surface area contributed by atoms with Gasteiger partial charge in [0, 0.05) is 17.9 Å². The van der Waals surface area contributed by atoms with Crippen LogP contribution >= 0.6 is 11.8 Å². The third-order valence-electron chi connectivity index (χ3n) is 1.76. The van der Waals surface area contributed by atoms with Crippen molar-refractivity contribution in [1.29, 1.82) is 0 Å². The van der Waals surface area contributed by atoms with Crippen LogP contribution in [0.3, 0.4) is 0 Å². The van der Waals surface area contributed by atoms with Gasteiger partial charge in [-0.1, -0.05) is 12.1 Å². The minimum atomic E-state index is -4.36. The largest absolute Gasteiger partial charge is 0.446 e. The van der Waals surface area contributed by atoms with Crippen LogP contribution in [0.5, 0.6) is 0 Å². The predicted octanol–water partition coefficient (Wildman–Crippen LogP) is 3.94. The molecule has 0 atom stereocenters. The molecule has 0 spiro atoms. The van der Waals surface area contributed by atoms with Crippen molar-refractivity contribution in [1.82, 2.24) is 0 Å². The Bertz CT molecular complexity index is 457. The molecule has 0 aliphatic heterocycles. The molecule has 0 heterocycles. The molecule has 0 amide bonds. The number of benzene rings is 1. The van der Waals surface area contributed by atoms with E-state index in [1.54, 1.807) is 0 Å². The van der Waals surface area contributed by atoms with Gasteiger partial charge < -0.3 is 0 Å². The molecular formula is C10H8F3NO2S. The topological polar surface area (TPSA) is 43.1 Å². The lowest BCUT2D eigenvalue weighted by Gasteiger charge is -2.05. The second kappa shape index (κ2) is 5.22. The van der Waals surface area contributed by atoms with E-state index in [4.69, 9.17) is 0 Å². The Hall–Kier alpha value is -1.50. The van der Waals surface area contributed by atoms with Crippen molar-refractivity contribution >= 4 is 17.8 Å². The Labute approximate surface area is 99.5 Å². The first-order valence-corrected chi connectivity index (χ1v) is 5.28. The Morgan fingerprint density at radius 3 is 2.65 bits per heavy atom. The summed E-state index contributed by atoms with van der Waals surface area (Å²) in [4.78, 5) is 9.78. The van der Waals surface area contributed by atoms with Gasteiger partial charge in [-0.25, -0.2) is 0 Å². The fraction of sp³-hybridized carbons (Fsp3) is 0.200. The molecule has 0 aromatic heterocycles. The molecule has 1 rings (SSSR count). The molecule has 0 bridgehead atoms. The standard InChI is InChI=1S/C10H8F3NO2S/c1-7(14(15)16)5-8-3-2-4-9(6-8)17-10(11,12)13/h2-6H,1H3/b7-5-. The van der Waals surface area contributed by atoms with Crippen LogP contribution in [-0.2, 0) is 0 Å². The number of thioether (sulfide) groups is 1. The van der Waals surface area contributed by atoms with Crippen LogP contribution in [0.15, 0.2) is 34.9 Å². The second-order valence-corrected chi connectivity index (χ2v) is 4.30. The summed E-state index contributed by atoms with van der Waals surface area (Å²) in [5, 5.41) is 10.4. The van der Waals surface area contributed by atoms with E-state index in [9.17, 15) is 23.3 Å². The van der Waals surface area contributed by atoms with Crippen LogP contribution in [-0.4, -0.2) is 10.4 Å². The summed E-state index contributed by atoms with van der Waals surface area (Å²) >= 11 is -0.249. The second-order valence-electron chi connectivity index (χ2n) is 3.16. The minimum Gasteiger partial charge on any atom is -0.259 e. The van der Waals surface area contributed by atoms with Gasteiger partial charge in [0.1, 0.15) is 0 Å². The zero-order valence-corrected chi connectivity index (χ0v) is 9.51. The Kier molecular flexibility index (Phi) is 4.17. The van der Waals surface area contributed by atoms with E-state index in [-0.39, 0.29) is 22.4 Å². The summed E-state index contributed by atoms with van der Waals surface area (Å²) < 4.78 is 36.3. The molecule has 0 radical (unpaired) electrons. The number of allylic oxidation sites excluding steroid dienone is 1. The van der Waals surface area contributed by atoms with Crippen LogP contribution in [0.2, 0.25) is 0 Å². The number of rotatable bonds is 3.